The first-order valence-corrected chi connectivity index (χ1v) is 5.50. The van der Waals surface area contributed by atoms with Crippen LogP contribution in [0.1, 0.15) is 11.4 Å². The van der Waals surface area contributed by atoms with E-state index < -0.39 is 0 Å². The van der Waals surface area contributed by atoms with Gasteiger partial charge in [0.15, 0.2) is 0 Å². The molecule has 2 N–H and O–H groups in total. The molecule has 1 aromatic carbocycles. The molecule has 0 aliphatic heterocycles. The minimum absolute atomic E-state index is 0.573. The second-order valence-electron chi connectivity index (χ2n) is 3.19. The monoisotopic (exact) mass is 276 g/mol. The summed E-state index contributed by atoms with van der Waals surface area (Å²) in [5.74, 6) is 0.840. The van der Waals surface area contributed by atoms with Crippen LogP contribution in [0.5, 0.6) is 0 Å². The van der Waals surface area contributed by atoms with Crippen LogP contribution in [0.25, 0.3) is 0 Å². The van der Waals surface area contributed by atoms with Gasteiger partial charge in [0.05, 0.1) is 17.8 Å². The number of nitrogens with zero attached hydrogens (tertiary/aromatic N) is 2. The predicted molar refractivity (Wildman–Crippen MR) is 64.8 cm³/mol. The molecule has 0 unspecified atom stereocenters. The first-order chi connectivity index (χ1) is 7.79. The zero-order valence-electron chi connectivity index (χ0n) is 8.37. The maximum atomic E-state index is 8.97. The first-order valence-electron chi connectivity index (χ1n) is 4.71. The lowest BCUT2D eigenvalue weighted by Gasteiger charge is -2.06. The Balaban J connectivity index is 2.13. The highest BCUT2D eigenvalue weighted by atomic mass is 79.9. The van der Waals surface area contributed by atoms with E-state index in [0.717, 1.165) is 16.0 Å². The Hall–Kier alpha value is -1.80. The molecule has 0 saturated heterocycles. The third-order valence-corrected chi connectivity index (χ3v) is 2.60. The molecule has 0 atom stereocenters. The van der Waals surface area contributed by atoms with Gasteiger partial charge >= 0.3 is 0 Å². The average Bonchev–Trinajstić information content (AvgIpc) is 2.80. The molecule has 0 aliphatic rings. The van der Waals surface area contributed by atoms with Gasteiger partial charge in [0.1, 0.15) is 11.9 Å². The van der Waals surface area contributed by atoms with Crippen LogP contribution in [0.4, 0.5) is 5.69 Å². The zero-order chi connectivity index (χ0) is 11.4. The normalized spacial score (nSPS) is 9.75. The van der Waals surface area contributed by atoms with Crippen LogP contribution >= 0.6 is 15.9 Å². The van der Waals surface area contributed by atoms with Crippen molar-refractivity contribution in [1.29, 1.82) is 5.26 Å². The fourth-order valence-electron chi connectivity index (χ4n) is 1.34. The van der Waals surface area contributed by atoms with Gasteiger partial charge in [-0.15, -0.1) is 0 Å². The summed E-state index contributed by atoms with van der Waals surface area (Å²) in [6.45, 7) is 0.573. The second-order valence-corrected chi connectivity index (χ2v) is 4.11. The Bertz CT molecular complexity index is 513. The average molecular weight is 277 g/mol. The van der Waals surface area contributed by atoms with Crippen molar-refractivity contribution in [3.8, 4) is 6.07 Å². The van der Waals surface area contributed by atoms with Crippen molar-refractivity contribution in [2.24, 2.45) is 0 Å². The highest BCUT2D eigenvalue weighted by Crippen LogP contribution is 2.20. The molecule has 2 aromatic rings. The van der Waals surface area contributed by atoms with E-state index in [4.69, 9.17) is 5.26 Å². The summed E-state index contributed by atoms with van der Waals surface area (Å²) in [5.41, 5.74) is 1.42. The number of aromatic nitrogens is 2. The number of nitrogens with one attached hydrogen (secondary N) is 2. The number of aromatic amines is 1. The smallest absolute Gasteiger partial charge is 0.125 e. The van der Waals surface area contributed by atoms with Crippen LogP contribution in [-0.4, -0.2) is 9.97 Å². The van der Waals surface area contributed by atoms with Gasteiger partial charge in [0.25, 0.3) is 0 Å². The van der Waals surface area contributed by atoms with Gasteiger partial charge in [-0.3, -0.25) is 0 Å². The van der Waals surface area contributed by atoms with Crippen molar-refractivity contribution in [2.75, 3.05) is 5.32 Å². The quantitative estimate of drug-likeness (QED) is 0.906. The van der Waals surface area contributed by atoms with E-state index in [1.54, 1.807) is 18.5 Å². The molecule has 0 radical (unpaired) electrons. The van der Waals surface area contributed by atoms with Gasteiger partial charge < -0.3 is 10.3 Å². The van der Waals surface area contributed by atoms with Gasteiger partial charge in [-0.1, -0.05) is 15.9 Å². The van der Waals surface area contributed by atoms with Crippen LogP contribution in [0.2, 0.25) is 0 Å². The van der Waals surface area contributed by atoms with Gasteiger partial charge in [-0.05, 0) is 18.2 Å². The van der Waals surface area contributed by atoms with Crippen LogP contribution in [-0.2, 0) is 6.54 Å². The van der Waals surface area contributed by atoms with E-state index in [-0.39, 0.29) is 0 Å². The lowest BCUT2D eigenvalue weighted by atomic mass is 10.2. The Labute approximate surface area is 101 Å². The fourth-order valence-corrected chi connectivity index (χ4v) is 1.70. The molecule has 0 fully saturated rings. The largest absolute Gasteiger partial charge is 0.377 e. The number of nitriles is 1. The molecular formula is C11H9BrN4. The minimum atomic E-state index is 0.573. The van der Waals surface area contributed by atoms with Crippen molar-refractivity contribution in [1.82, 2.24) is 9.97 Å². The van der Waals surface area contributed by atoms with Gasteiger partial charge in [0, 0.05) is 16.9 Å². The van der Waals surface area contributed by atoms with Crippen molar-refractivity contribution in [3.63, 3.8) is 0 Å². The lowest BCUT2D eigenvalue weighted by Crippen LogP contribution is -2.02. The Morgan fingerprint density at radius 3 is 3.06 bits per heavy atom. The third-order valence-electron chi connectivity index (χ3n) is 2.10. The maximum Gasteiger partial charge on any atom is 0.125 e. The van der Waals surface area contributed by atoms with Gasteiger partial charge in [0.2, 0.25) is 0 Å². The van der Waals surface area contributed by atoms with Gasteiger partial charge in [-0.2, -0.15) is 5.26 Å². The molecule has 0 spiro atoms. The Kier molecular flexibility index (Phi) is 3.22. The molecule has 80 valence electrons. The van der Waals surface area contributed by atoms with Crippen molar-refractivity contribution in [2.45, 2.75) is 6.54 Å². The molecule has 0 saturated carbocycles. The lowest BCUT2D eigenvalue weighted by molar-refractivity contribution is 0.999. The molecule has 0 bridgehead atoms. The number of hydrogen-bond acceptors (Lipinski definition) is 3. The molecular weight excluding hydrogens is 268 g/mol. The number of benzene rings is 1. The second kappa shape index (κ2) is 4.81. The standard InChI is InChI=1S/C11H9BrN4/c12-9-1-2-10(8(5-9)6-13)16-7-11-14-3-4-15-11/h1-5,16H,7H2,(H,14,15). The molecule has 2 rings (SSSR count). The van der Waals surface area contributed by atoms with Crippen molar-refractivity contribution < 1.29 is 0 Å². The molecule has 16 heavy (non-hydrogen) atoms. The van der Waals surface area contributed by atoms with E-state index in [1.165, 1.54) is 0 Å². The fraction of sp³-hybridized carbons (Fsp3) is 0.0909. The Morgan fingerprint density at radius 1 is 1.50 bits per heavy atom. The number of rotatable bonds is 3. The molecule has 1 heterocycles. The van der Waals surface area contributed by atoms with E-state index in [9.17, 15) is 0 Å². The molecule has 5 heteroatoms. The molecule has 1 aromatic heterocycles. The van der Waals surface area contributed by atoms with Crippen LogP contribution in [0, 0.1) is 11.3 Å². The Morgan fingerprint density at radius 2 is 2.38 bits per heavy atom. The van der Waals surface area contributed by atoms with Crippen molar-refractivity contribution in [3.05, 3.63) is 46.5 Å². The highest BCUT2D eigenvalue weighted by molar-refractivity contribution is 9.10. The van der Waals surface area contributed by atoms with Crippen LogP contribution in [0.3, 0.4) is 0 Å². The van der Waals surface area contributed by atoms with E-state index in [1.807, 2.05) is 12.1 Å². The SMILES string of the molecule is N#Cc1cc(Br)ccc1NCc1ncc[nH]1. The molecule has 0 amide bonds. The van der Waals surface area contributed by atoms with Crippen LogP contribution in [0.15, 0.2) is 35.1 Å². The first kappa shape index (κ1) is 10.7. The zero-order valence-corrected chi connectivity index (χ0v) is 9.95. The summed E-state index contributed by atoms with van der Waals surface area (Å²) in [6.07, 6.45) is 3.47. The number of halogens is 1. The van der Waals surface area contributed by atoms with E-state index in [2.05, 4.69) is 37.3 Å². The van der Waals surface area contributed by atoms with Crippen molar-refractivity contribution >= 4 is 21.6 Å². The highest BCUT2D eigenvalue weighted by Gasteiger charge is 2.02. The molecule has 4 nitrogen and oxygen atoms in total. The number of anilines is 1. The number of hydrogen-bond donors (Lipinski definition) is 2. The number of imidazole rings is 1. The topological polar surface area (TPSA) is 64.5 Å². The third kappa shape index (κ3) is 2.41. The minimum Gasteiger partial charge on any atom is -0.377 e. The summed E-state index contributed by atoms with van der Waals surface area (Å²) >= 11 is 3.33. The summed E-state index contributed by atoms with van der Waals surface area (Å²) in [6, 6.07) is 7.69. The maximum absolute atomic E-state index is 8.97. The summed E-state index contributed by atoms with van der Waals surface area (Å²) in [7, 11) is 0. The van der Waals surface area contributed by atoms with E-state index >= 15 is 0 Å². The molecule has 0 aliphatic carbocycles. The predicted octanol–water partition coefficient (Wildman–Crippen LogP) is 2.66. The summed E-state index contributed by atoms with van der Waals surface area (Å²) < 4.78 is 0.896. The van der Waals surface area contributed by atoms with Crippen LogP contribution < -0.4 is 5.32 Å². The van der Waals surface area contributed by atoms with E-state index in [0.29, 0.717) is 12.1 Å². The summed E-state index contributed by atoms with van der Waals surface area (Å²) in [5, 5.41) is 12.1. The van der Waals surface area contributed by atoms with Gasteiger partial charge in [-0.25, -0.2) is 4.98 Å². The summed E-state index contributed by atoms with van der Waals surface area (Å²) in [4.78, 5) is 7.08. The number of H-pyrrole nitrogens is 1.